The van der Waals surface area contributed by atoms with Crippen molar-refractivity contribution in [1.82, 2.24) is 4.90 Å². The Morgan fingerprint density at radius 3 is 1.40 bits per heavy atom. The number of hydrogen-bond donors (Lipinski definition) is 0. The van der Waals surface area contributed by atoms with Gasteiger partial charge in [0.15, 0.2) is 0 Å². The lowest BCUT2D eigenvalue weighted by Crippen LogP contribution is -2.58. The fraction of sp³-hybridized carbons (Fsp3) is 1.00. The van der Waals surface area contributed by atoms with Crippen LogP contribution in [0.1, 0.15) is 212 Å². The third kappa shape index (κ3) is 7.10. The molecule has 3 heterocycles. The summed E-state index contributed by atoms with van der Waals surface area (Å²) in [5.74, 6) is 10.6. The van der Waals surface area contributed by atoms with Crippen LogP contribution < -0.4 is 0 Å². The minimum Gasteiger partial charge on any atom is -0.374 e. The number of rotatable bonds is 6. The maximum Gasteiger partial charge on any atom is 0.0766 e. The Morgan fingerprint density at radius 2 is 0.724 bits per heavy atom. The van der Waals surface area contributed by atoms with E-state index in [2.05, 4.69) is 4.90 Å². The van der Waals surface area contributed by atoms with E-state index in [1.807, 2.05) is 0 Å². The van der Waals surface area contributed by atoms with Crippen molar-refractivity contribution in [2.75, 3.05) is 0 Å². The summed E-state index contributed by atoms with van der Waals surface area (Å²) in [6.45, 7) is 0. The highest BCUT2D eigenvalue weighted by atomic mass is 16.5. The lowest BCUT2D eigenvalue weighted by molar-refractivity contribution is -0.106. The molecule has 0 N–H and O–H groups in total. The maximum atomic E-state index is 7.73. The van der Waals surface area contributed by atoms with Gasteiger partial charge in [0, 0.05) is 24.0 Å². The largest absolute Gasteiger partial charge is 0.374 e. The van der Waals surface area contributed by atoms with Gasteiger partial charge in [-0.15, -0.1) is 0 Å². The van der Waals surface area contributed by atoms with Gasteiger partial charge in [-0.1, -0.05) is 96.3 Å². The molecule has 12 fully saturated rings. The van der Waals surface area contributed by atoms with Crippen LogP contribution in [0.5, 0.6) is 0 Å². The smallest absolute Gasteiger partial charge is 0.0766 e. The van der Waals surface area contributed by atoms with Gasteiger partial charge >= 0.3 is 0 Å². The van der Waals surface area contributed by atoms with E-state index in [1.165, 1.54) is 199 Å². The zero-order valence-electron chi connectivity index (χ0n) is 37.1. The Labute approximate surface area is 355 Å². The van der Waals surface area contributed by atoms with E-state index >= 15 is 0 Å². The van der Waals surface area contributed by atoms with Crippen molar-refractivity contribution in [1.29, 1.82) is 0 Å². The highest BCUT2D eigenvalue weighted by Crippen LogP contribution is 2.59. The summed E-state index contributed by atoms with van der Waals surface area (Å²) in [4.78, 5) is 3.34. The first-order valence-corrected chi connectivity index (χ1v) is 27.5. The quantitative estimate of drug-likeness (QED) is 0.268. The first-order chi connectivity index (χ1) is 28.8. The van der Waals surface area contributed by atoms with Crippen molar-refractivity contribution in [2.45, 2.75) is 267 Å². The summed E-state index contributed by atoms with van der Waals surface area (Å²) in [5, 5.41) is 0. The molecule has 58 heavy (non-hydrogen) atoms. The molecule has 0 spiro atoms. The molecule has 326 valence electrons. The topological polar surface area (TPSA) is 30.9 Å². The Morgan fingerprint density at radius 1 is 0.259 bits per heavy atom. The molecular weight excluding hydrogens is 711 g/mol. The first-order valence-electron chi connectivity index (χ1n) is 27.5. The molecular formula is C54H87NO3. The van der Waals surface area contributed by atoms with Crippen molar-refractivity contribution in [3.8, 4) is 0 Å². The van der Waals surface area contributed by atoms with Gasteiger partial charge in [0.25, 0.3) is 0 Å². The highest BCUT2D eigenvalue weighted by Gasteiger charge is 2.61. The van der Waals surface area contributed by atoms with E-state index in [0.717, 1.165) is 77.2 Å². The van der Waals surface area contributed by atoms with Crippen molar-refractivity contribution < 1.29 is 14.2 Å². The molecule has 15 atom stereocenters. The van der Waals surface area contributed by atoms with E-state index in [4.69, 9.17) is 14.2 Å². The predicted molar refractivity (Wildman–Crippen MR) is 233 cm³/mol. The molecule has 0 bridgehead atoms. The summed E-state index contributed by atoms with van der Waals surface area (Å²) < 4.78 is 22.1. The molecule has 3 saturated heterocycles. The van der Waals surface area contributed by atoms with Gasteiger partial charge in [0.2, 0.25) is 0 Å². The van der Waals surface area contributed by atoms with Crippen LogP contribution in [0.3, 0.4) is 0 Å². The molecule has 0 aromatic heterocycles. The van der Waals surface area contributed by atoms with Crippen LogP contribution in [0, 0.1) is 71.0 Å². The molecule has 9 aliphatic carbocycles. The van der Waals surface area contributed by atoms with Gasteiger partial charge in [0.05, 0.1) is 36.6 Å². The number of hydrogen-bond acceptors (Lipinski definition) is 4. The lowest BCUT2D eigenvalue weighted by Gasteiger charge is -2.52. The fourth-order valence-electron chi connectivity index (χ4n) is 19.5. The van der Waals surface area contributed by atoms with Gasteiger partial charge in [-0.3, -0.25) is 4.90 Å². The van der Waals surface area contributed by atoms with Crippen LogP contribution in [0.15, 0.2) is 0 Å². The Hall–Kier alpha value is -0.160. The summed E-state index contributed by atoms with van der Waals surface area (Å²) in [5.41, 5.74) is 0. The highest BCUT2D eigenvalue weighted by molar-refractivity contribution is 5.09. The van der Waals surface area contributed by atoms with Gasteiger partial charge in [-0.2, -0.15) is 0 Å². The number of ether oxygens (including phenoxy) is 3. The first kappa shape index (κ1) is 39.4. The summed E-state index contributed by atoms with van der Waals surface area (Å²) in [6.07, 6.45) is 51.7. The van der Waals surface area contributed by atoms with Crippen molar-refractivity contribution in [3.05, 3.63) is 0 Å². The van der Waals surface area contributed by atoms with Crippen molar-refractivity contribution in [2.24, 2.45) is 71.0 Å². The Balaban J connectivity index is 0.762. The van der Waals surface area contributed by atoms with E-state index < -0.39 is 0 Å². The van der Waals surface area contributed by atoms with Crippen LogP contribution in [0.2, 0.25) is 0 Å². The lowest BCUT2D eigenvalue weighted by atomic mass is 9.62. The van der Waals surface area contributed by atoms with Gasteiger partial charge in [-0.05, 0) is 181 Å². The zero-order chi connectivity index (χ0) is 38.2. The maximum absolute atomic E-state index is 7.73. The molecule has 0 aromatic rings. The molecule has 15 unspecified atom stereocenters. The number of nitrogens with zero attached hydrogens (tertiary/aromatic N) is 1. The SMILES string of the molecule is C1CCC(C2CCC(N(C3CCC(C4CCCC5C6CCC7OC8CCCCC8C7C6OC45)CC3)C3CCCC4C5CCCC(C6CCCCC6)C5OC43)CC2)CC1. The monoisotopic (exact) mass is 798 g/mol. The minimum absolute atomic E-state index is 0.512. The van der Waals surface area contributed by atoms with Crippen LogP contribution in [0.4, 0.5) is 0 Å². The molecule has 9 saturated carbocycles. The third-order valence-corrected chi connectivity index (χ3v) is 21.9. The van der Waals surface area contributed by atoms with Crippen LogP contribution in [-0.4, -0.2) is 59.6 Å². The van der Waals surface area contributed by atoms with Crippen LogP contribution in [0.25, 0.3) is 0 Å². The second kappa shape index (κ2) is 17.1. The van der Waals surface area contributed by atoms with E-state index in [9.17, 15) is 0 Å². The van der Waals surface area contributed by atoms with Gasteiger partial charge in [-0.25, -0.2) is 0 Å². The third-order valence-electron chi connectivity index (χ3n) is 21.9. The van der Waals surface area contributed by atoms with E-state index in [-0.39, 0.29) is 0 Å². The molecule has 0 amide bonds. The standard InChI is InChI=1S/C54H87NO3/c1-3-12-34(13-4-1)35-24-28-38(29-25-35)55(47-22-11-21-44-42-19-9-17-40(51(42)57-53(44)47)36-14-5-2-6-15-36)39-30-26-37(27-31-39)41-18-10-20-43-45-32-33-49-50(54(45)58-52(41)43)46-16-7-8-23-48(46)56-49/h34-54H,1-33H2. The molecule has 0 radical (unpaired) electrons. The summed E-state index contributed by atoms with van der Waals surface area (Å²) in [7, 11) is 0. The molecule has 0 aromatic carbocycles. The normalized spacial score (nSPS) is 52.6. The average molecular weight is 798 g/mol. The molecule has 12 rings (SSSR count). The minimum atomic E-state index is 0.512. The van der Waals surface area contributed by atoms with E-state index in [0.29, 0.717) is 48.6 Å². The van der Waals surface area contributed by atoms with Gasteiger partial charge < -0.3 is 14.2 Å². The predicted octanol–water partition coefficient (Wildman–Crippen LogP) is 13.1. The van der Waals surface area contributed by atoms with E-state index in [1.54, 1.807) is 12.8 Å². The van der Waals surface area contributed by atoms with Crippen molar-refractivity contribution >= 4 is 0 Å². The summed E-state index contributed by atoms with van der Waals surface area (Å²) in [6, 6.07) is 2.30. The summed E-state index contributed by atoms with van der Waals surface area (Å²) >= 11 is 0. The second-order valence-electron chi connectivity index (χ2n) is 24.2. The molecule has 3 aliphatic heterocycles. The van der Waals surface area contributed by atoms with Gasteiger partial charge in [0.1, 0.15) is 0 Å². The van der Waals surface area contributed by atoms with Crippen LogP contribution in [-0.2, 0) is 14.2 Å². The Kier molecular flexibility index (Phi) is 11.6. The average Bonchev–Trinajstić information content (AvgIpc) is 3.99. The molecule has 4 nitrogen and oxygen atoms in total. The van der Waals surface area contributed by atoms with Crippen molar-refractivity contribution in [3.63, 3.8) is 0 Å². The zero-order valence-corrected chi connectivity index (χ0v) is 37.1. The molecule has 4 heteroatoms. The fourth-order valence-corrected chi connectivity index (χ4v) is 19.5. The van der Waals surface area contributed by atoms with Crippen LogP contribution >= 0.6 is 0 Å². The second-order valence-corrected chi connectivity index (χ2v) is 24.2. The Bertz CT molecular complexity index is 1360. The molecule has 12 aliphatic rings. The number of fused-ring (bicyclic) bond motifs is 10.